The zero-order valence-electron chi connectivity index (χ0n) is 18.8. The van der Waals surface area contributed by atoms with Crippen LogP contribution in [0.15, 0.2) is 71.5 Å². The van der Waals surface area contributed by atoms with Crippen LogP contribution in [0.2, 0.25) is 0 Å². The van der Waals surface area contributed by atoms with Crippen molar-refractivity contribution >= 4 is 23.7 Å². The summed E-state index contributed by atoms with van der Waals surface area (Å²) in [7, 11) is 0. The molecule has 0 aliphatic heterocycles. The van der Waals surface area contributed by atoms with Crippen LogP contribution < -0.4 is 16.7 Å². The first-order valence-electron chi connectivity index (χ1n) is 10.7. The molecule has 0 fully saturated rings. The fourth-order valence-corrected chi connectivity index (χ4v) is 3.49. The Labute approximate surface area is 196 Å². The Hall–Kier alpha value is -4.40. The van der Waals surface area contributed by atoms with Gasteiger partial charge in [-0.1, -0.05) is 60.7 Å². The third-order valence-electron chi connectivity index (χ3n) is 4.98. The number of anilines is 1. The molecule has 0 saturated heterocycles. The van der Waals surface area contributed by atoms with E-state index in [0.29, 0.717) is 11.1 Å². The van der Waals surface area contributed by atoms with E-state index in [2.05, 4.69) is 5.43 Å². The van der Waals surface area contributed by atoms with Crippen molar-refractivity contribution in [3.8, 4) is 0 Å². The minimum absolute atomic E-state index is 0.0100. The van der Waals surface area contributed by atoms with E-state index >= 15 is 0 Å². The predicted molar refractivity (Wildman–Crippen MR) is 126 cm³/mol. The van der Waals surface area contributed by atoms with E-state index in [1.807, 2.05) is 12.1 Å². The van der Waals surface area contributed by atoms with Crippen LogP contribution in [0.1, 0.15) is 51.6 Å². The molecule has 1 amide bonds. The van der Waals surface area contributed by atoms with Crippen molar-refractivity contribution in [2.45, 2.75) is 19.8 Å². The molecular formula is C25H25N3O6. The van der Waals surface area contributed by atoms with Crippen LogP contribution in [0, 0.1) is 0 Å². The molecular weight excluding hydrogens is 438 g/mol. The zero-order chi connectivity index (χ0) is 24.7. The lowest BCUT2D eigenvalue weighted by Gasteiger charge is -2.21. The topological polar surface area (TPSA) is 130 Å². The molecule has 3 N–H and O–H groups in total. The number of carbonyl (C=O) groups is 3. The molecule has 0 spiro atoms. The minimum atomic E-state index is -0.922. The highest BCUT2D eigenvalue weighted by Crippen LogP contribution is 2.25. The van der Waals surface area contributed by atoms with E-state index in [0.717, 1.165) is 10.7 Å². The lowest BCUT2D eigenvalue weighted by atomic mass is 9.91. The van der Waals surface area contributed by atoms with Crippen LogP contribution in [0.25, 0.3) is 0 Å². The van der Waals surface area contributed by atoms with Crippen molar-refractivity contribution in [2.24, 2.45) is 0 Å². The SMILES string of the molecule is CCOC(=O)c1cc(=O)n(NC(=O)C(c2ccccc2)c2ccccc2)c(N)c1C(=O)OCC. The van der Waals surface area contributed by atoms with Crippen molar-refractivity contribution in [1.29, 1.82) is 0 Å². The molecule has 0 aliphatic rings. The van der Waals surface area contributed by atoms with Gasteiger partial charge in [-0.2, -0.15) is 0 Å². The Morgan fingerprint density at radius 1 is 0.882 bits per heavy atom. The van der Waals surface area contributed by atoms with E-state index < -0.39 is 35.1 Å². The molecule has 0 saturated carbocycles. The van der Waals surface area contributed by atoms with Crippen molar-refractivity contribution in [1.82, 2.24) is 4.68 Å². The summed E-state index contributed by atoms with van der Waals surface area (Å²) in [6, 6.07) is 18.9. The number of benzene rings is 2. The molecule has 34 heavy (non-hydrogen) atoms. The van der Waals surface area contributed by atoms with Gasteiger partial charge in [0.1, 0.15) is 11.4 Å². The summed E-state index contributed by atoms with van der Waals surface area (Å²) in [6.45, 7) is 3.20. The van der Waals surface area contributed by atoms with Gasteiger partial charge in [0.2, 0.25) is 0 Å². The van der Waals surface area contributed by atoms with Crippen LogP contribution in [0.5, 0.6) is 0 Å². The normalized spacial score (nSPS) is 10.6. The number of esters is 2. The number of nitrogens with two attached hydrogens (primary N) is 1. The Kier molecular flexibility index (Phi) is 7.81. The molecule has 3 rings (SSSR count). The number of aromatic nitrogens is 1. The number of pyridine rings is 1. The van der Waals surface area contributed by atoms with Gasteiger partial charge in [0.05, 0.1) is 24.7 Å². The molecule has 2 aromatic carbocycles. The van der Waals surface area contributed by atoms with Gasteiger partial charge in [0.25, 0.3) is 11.5 Å². The molecule has 3 aromatic rings. The monoisotopic (exact) mass is 463 g/mol. The highest BCUT2D eigenvalue weighted by molar-refractivity contribution is 6.06. The summed E-state index contributed by atoms with van der Waals surface area (Å²) in [5.74, 6) is -3.61. The van der Waals surface area contributed by atoms with Crippen LogP contribution >= 0.6 is 0 Å². The number of carbonyl (C=O) groups excluding carboxylic acids is 3. The fourth-order valence-electron chi connectivity index (χ4n) is 3.49. The van der Waals surface area contributed by atoms with E-state index in [4.69, 9.17) is 15.2 Å². The molecule has 0 radical (unpaired) electrons. The summed E-state index contributed by atoms with van der Waals surface area (Å²) in [6.07, 6.45) is 0. The van der Waals surface area contributed by atoms with E-state index in [-0.39, 0.29) is 24.3 Å². The molecule has 1 heterocycles. The number of amides is 1. The average molecular weight is 463 g/mol. The first-order chi connectivity index (χ1) is 16.4. The first-order valence-corrected chi connectivity index (χ1v) is 10.7. The second-order valence-corrected chi connectivity index (χ2v) is 7.16. The van der Waals surface area contributed by atoms with Crippen LogP contribution in [-0.4, -0.2) is 35.7 Å². The minimum Gasteiger partial charge on any atom is -0.462 e. The number of ether oxygens (including phenoxy) is 2. The average Bonchev–Trinajstić information content (AvgIpc) is 2.83. The van der Waals surface area contributed by atoms with Crippen molar-refractivity contribution in [2.75, 3.05) is 24.4 Å². The fraction of sp³-hybridized carbons (Fsp3) is 0.200. The molecule has 0 aliphatic carbocycles. The lowest BCUT2D eigenvalue weighted by Crippen LogP contribution is -2.39. The summed E-state index contributed by atoms with van der Waals surface area (Å²) >= 11 is 0. The van der Waals surface area contributed by atoms with Crippen LogP contribution in [0.3, 0.4) is 0 Å². The quantitative estimate of drug-likeness (QED) is 0.491. The van der Waals surface area contributed by atoms with Gasteiger partial charge in [0, 0.05) is 6.07 Å². The molecule has 0 atom stereocenters. The molecule has 1 aromatic heterocycles. The number of nitrogen functional groups attached to an aromatic ring is 1. The maximum absolute atomic E-state index is 13.4. The Morgan fingerprint density at radius 2 is 1.38 bits per heavy atom. The number of nitrogens with one attached hydrogen (secondary N) is 1. The van der Waals surface area contributed by atoms with Gasteiger partial charge in [0.15, 0.2) is 0 Å². The van der Waals surface area contributed by atoms with Gasteiger partial charge in [-0.15, -0.1) is 0 Å². The van der Waals surface area contributed by atoms with Gasteiger partial charge < -0.3 is 15.2 Å². The predicted octanol–water partition coefficient (Wildman–Crippen LogP) is 2.69. The largest absolute Gasteiger partial charge is 0.462 e. The molecule has 9 nitrogen and oxygen atoms in total. The maximum Gasteiger partial charge on any atom is 0.342 e. The summed E-state index contributed by atoms with van der Waals surface area (Å²) in [4.78, 5) is 51.2. The zero-order valence-corrected chi connectivity index (χ0v) is 18.8. The molecule has 0 unspecified atom stereocenters. The second-order valence-electron chi connectivity index (χ2n) is 7.16. The van der Waals surface area contributed by atoms with Crippen molar-refractivity contribution < 1.29 is 23.9 Å². The second kappa shape index (κ2) is 11.0. The van der Waals surface area contributed by atoms with Gasteiger partial charge >= 0.3 is 11.9 Å². The number of hydrogen-bond donors (Lipinski definition) is 2. The van der Waals surface area contributed by atoms with E-state index in [9.17, 15) is 19.2 Å². The highest BCUT2D eigenvalue weighted by Gasteiger charge is 2.29. The third kappa shape index (κ3) is 5.15. The van der Waals surface area contributed by atoms with Crippen LogP contribution in [0.4, 0.5) is 5.82 Å². The number of rotatable bonds is 8. The van der Waals surface area contributed by atoms with E-state index in [1.54, 1.807) is 62.4 Å². The van der Waals surface area contributed by atoms with E-state index in [1.165, 1.54) is 0 Å². The Balaban J connectivity index is 2.09. The van der Waals surface area contributed by atoms with Gasteiger partial charge in [-0.25, -0.2) is 14.3 Å². The molecule has 9 heteroatoms. The molecule has 176 valence electrons. The third-order valence-corrected chi connectivity index (χ3v) is 4.98. The summed E-state index contributed by atoms with van der Waals surface area (Å²) in [5, 5.41) is 0. The molecule has 0 bridgehead atoms. The lowest BCUT2D eigenvalue weighted by molar-refractivity contribution is -0.117. The van der Waals surface area contributed by atoms with Gasteiger partial charge in [-0.05, 0) is 25.0 Å². The summed E-state index contributed by atoms with van der Waals surface area (Å²) < 4.78 is 10.7. The smallest absolute Gasteiger partial charge is 0.342 e. The highest BCUT2D eigenvalue weighted by atomic mass is 16.5. The Morgan fingerprint density at radius 3 is 1.88 bits per heavy atom. The van der Waals surface area contributed by atoms with Crippen molar-refractivity contribution in [3.63, 3.8) is 0 Å². The maximum atomic E-state index is 13.4. The first kappa shape index (κ1) is 24.2. The van der Waals surface area contributed by atoms with Gasteiger partial charge in [-0.3, -0.25) is 15.0 Å². The van der Waals surface area contributed by atoms with Crippen molar-refractivity contribution in [3.05, 3.63) is 99.3 Å². The number of nitrogens with zero attached hydrogens (tertiary/aromatic N) is 1. The Bertz CT molecular complexity index is 1200. The summed E-state index contributed by atoms with van der Waals surface area (Å²) in [5.41, 5.74) is 8.46. The number of hydrogen-bond acceptors (Lipinski definition) is 7. The standard InChI is InChI=1S/C25H25N3O6/c1-3-33-24(31)18-15-19(29)28(22(26)21(18)25(32)34-4-2)27-23(30)20(16-11-7-5-8-12-16)17-13-9-6-10-14-17/h5-15,20H,3-4,26H2,1-2H3,(H,27,30). The van der Waals surface area contributed by atoms with Crippen LogP contribution in [-0.2, 0) is 14.3 Å².